The molecule has 0 aliphatic carbocycles. The molecule has 1 aromatic heterocycles. The van der Waals surface area contributed by atoms with E-state index in [1.165, 1.54) is 19.1 Å². The molecule has 0 amide bonds. The first kappa shape index (κ1) is 24.7. The highest BCUT2D eigenvalue weighted by atomic mass is 35.5. The number of hydrogen-bond donors (Lipinski definition) is 3. The summed E-state index contributed by atoms with van der Waals surface area (Å²) >= 11 is 11.8. The van der Waals surface area contributed by atoms with Crippen LogP contribution in [-0.2, 0) is 16.7 Å². The van der Waals surface area contributed by atoms with E-state index in [0.717, 1.165) is 37.3 Å². The Morgan fingerprint density at radius 3 is 2.65 bits per heavy atom. The molecule has 0 saturated carbocycles. The zero-order valence-corrected chi connectivity index (χ0v) is 18.7. The number of rotatable bonds is 4. The van der Waals surface area contributed by atoms with Crippen LogP contribution in [-0.4, -0.2) is 46.0 Å². The summed E-state index contributed by atoms with van der Waals surface area (Å²) in [6.45, 7) is 3.44. The highest BCUT2D eigenvalue weighted by molar-refractivity contribution is 7.85. The molecule has 0 atom stereocenters. The molecule has 2 aromatic rings. The van der Waals surface area contributed by atoms with Crippen molar-refractivity contribution in [1.82, 2.24) is 15.2 Å². The van der Waals surface area contributed by atoms with Crippen LogP contribution in [0.25, 0.3) is 0 Å². The Morgan fingerprint density at radius 1 is 1.35 bits per heavy atom. The van der Waals surface area contributed by atoms with Crippen molar-refractivity contribution in [3.8, 4) is 5.75 Å². The molecule has 3 rings (SSSR count). The Balaban J connectivity index is 0.000000245. The zero-order valence-electron chi connectivity index (χ0n) is 16.3. The molecular formula is C18H20Cl2N4O6S. The van der Waals surface area contributed by atoms with E-state index in [-0.39, 0.29) is 10.6 Å². The van der Waals surface area contributed by atoms with Gasteiger partial charge in [-0.2, -0.15) is 8.42 Å². The van der Waals surface area contributed by atoms with E-state index in [1.807, 2.05) is 4.90 Å². The van der Waals surface area contributed by atoms with Crippen molar-refractivity contribution in [1.29, 1.82) is 0 Å². The smallest absolute Gasteiger partial charge is 0.294 e. The lowest BCUT2D eigenvalue weighted by Gasteiger charge is -2.31. The summed E-state index contributed by atoms with van der Waals surface area (Å²) in [6.07, 6.45) is 3.47. The Labute approximate surface area is 189 Å². The minimum absolute atomic E-state index is 0.187. The minimum Gasteiger partial charge on any atom is -0.508 e. The van der Waals surface area contributed by atoms with Gasteiger partial charge < -0.3 is 15.3 Å². The number of halogens is 2. The van der Waals surface area contributed by atoms with Crippen LogP contribution in [0.3, 0.4) is 0 Å². The van der Waals surface area contributed by atoms with E-state index in [9.17, 15) is 18.5 Å². The van der Waals surface area contributed by atoms with Gasteiger partial charge in [0, 0.05) is 37.5 Å². The second-order valence-electron chi connectivity index (χ2n) is 6.52. The maximum absolute atomic E-state index is 10.7. The van der Waals surface area contributed by atoms with Crippen molar-refractivity contribution in [3.05, 3.63) is 73.9 Å². The number of phenolic OH excluding ortho intramolecular Hbond substituents is 1. The average molecular weight is 491 g/mol. The Morgan fingerprint density at radius 2 is 2.06 bits per heavy atom. The molecule has 0 bridgehead atoms. The highest BCUT2D eigenvalue weighted by Crippen LogP contribution is 2.22. The summed E-state index contributed by atoms with van der Waals surface area (Å²) in [5.41, 5.74) is 1.18. The fourth-order valence-electron chi connectivity index (χ4n) is 2.73. The Bertz CT molecular complexity index is 1090. The fourth-order valence-corrected chi connectivity index (χ4v) is 3.90. The number of phenols is 1. The normalized spacial score (nSPS) is 15.1. The third kappa shape index (κ3) is 7.55. The van der Waals surface area contributed by atoms with Crippen molar-refractivity contribution in [2.75, 3.05) is 13.1 Å². The first-order chi connectivity index (χ1) is 14.5. The molecule has 1 fully saturated rings. The molecule has 3 N–H and O–H groups in total. The van der Waals surface area contributed by atoms with Crippen LogP contribution in [0.15, 0.2) is 47.4 Å². The molecule has 31 heavy (non-hydrogen) atoms. The fraction of sp³-hybridized carbons (Fsp3) is 0.278. The van der Waals surface area contributed by atoms with Crippen LogP contribution in [0, 0.1) is 17.0 Å². The van der Waals surface area contributed by atoms with Crippen molar-refractivity contribution in [2.45, 2.75) is 24.8 Å². The molecule has 1 aromatic carbocycles. The van der Waals surface area contributed by atoms with E-state index in [1.54, 1.807) is 12.3 Å². The first-order valence-corrected chi connectivity index (χ1v) is 11.1. The summed E-state index contributed by atoms with van der Waals surface area (Å²) in [5.74, 6) is 0.301. The third-order valence-corrected chi connectivity index (χ3v) is 5.74. The van der Waals surface area contributed by atoms with Crippen molar-refractivity contribution >= 4 is 33.3 Å². The lowest BCUT2D eigenvalue weighted by atomic mass is 10.2. The predicted molar refractivity (Wildman–Crippen MR) is 115 cm³/mol. The minimum atomic E-state index is -4.22. The predicted octanol–water partition coefficient (Wildman–Crippen LogP) is 3.21. The van der Waals surface area contributed by atoms with Gasteiger partial charge in [-0.05, 0) is 31.0 Å². The maximum atomic E-state index is 10.7. The summed E-state index contributed by atoms with van der Waals surface area (Å²) < 4.78 is 30.0. The van der Waals surface area contributed by atoms with Crippen LogP contribution < -0.4 is 5.32 Å². The quantitative estimate of drug-likeness (QED) is 0.254. The van der Waals surface area contributed by atoms with Crippen LogP contribution in [0.1, 0.15) is 17.5 Å². The summed E-state index contributed by atoms with van der Waals surface area (Å²) in [6, 6.07) is 5.33. The van der Waals surface area contributed by atoms with Gasteiger partial charge in [0.1, 0.15) is 15.8 Å². The van der Waals surface area contributed by atoms with Crippen LogP contribution >= 0.6 is 23.2 Å². The number of aromatic nitrogens is 1. The lowest BCUT2D eigenvalue weighted by molar-refractivity contribution is -0.405. The van der Waals surface area contributed by atoms with Crippen molar-refractivity contribution in [2.24, 2.45) is 0 Å². The van der Waals surface area contributed by atoms with Gasteiger partial charge in [-0.3, -0.25) is 14.7 Å². The number of aromatic hydroxyl groups is 1. The molecule has 0 radical (unpaired) electrons. The summed E-state index contributed by atoms with van der Waals surface area (Å²) in [5, 5.41) is 23.3. The number of benzene rings is 1. The van der Waals surface area contributed by atoms with Gasteiger partial charge in [0.15, 0.2) is 5.82 Å². The number of nitrogens with one attached hydrogen (secondary N) is 1. The topological polar surface area (TPSA) is 146 Å². The Kier molecular flexibility index (Phi) is 8.45. The molecule has 13 heteroatoms. The largest absolute Gasteiger partial charge is 0.508 e. The lowest BCUT2D eigenvalue weighted by Crippen LogP contribution is -2.39. The molecule has 2 heterocycles. The molecular weight excluding hydrogens is 471 g/mol. The molecule has 10 nitrogen and oxygen atoms in total. The number of pyridine rings is 1. The monoisotopic (exact) mass is 490 g/mol. The highest BCUT2D eigenvalue weighted by Gasteiger charge is 2.19. The number of nitro groups is 1. The van der Waals surface area contributed by atoms with Gasteiger partial charge in [-0.1, -0.05) is 29.3 Å². The molecule has 1 aliphatic heterocycles. The standard InChI is InChI=1S/C11H12Cl2N4O2.C7H8O4S/c12-9-4-10(13)15-5-8(9)6-16-3-1-2-14-11(16)7-17(18)19;1-5-2-3-6(8)4-7(5)12(9,10)11/h4-5,7,14H,1-3,6H2;2-4,8H,1H3,(H,9,10,11). The molecule has 168 valence electrons. The van der Waals surface area contributed by atoms with Crippen LogP contribution in [0.4, 0.5) is 0 Å². The van der Waals surface area contributed by atoms with E-state index in [4.69, 9.17) is 32.9 Å². The van der Waals surface area contributed by atoms with E-state index in [0.29, 0.717) is 28.1 Å². The molecule has 0 unspecified atom stereocenters. The van der Waals surface area contributed by atoms with Crippen molar-refractivity contribution < 1.29 is 23.0 Å². The van der Waals surface area contributed by atoms with E-state index >= 15 is 0 Å². The third-order valence-electron chi connectivity index (χ3n) is 4.19. The van der Waals surface area contributed by atoms with Crippen LogP contribution in [0.2, 0.25) is 10.2 Å². The van der Waals surface area contributed by atoms with Gasteiger partial charge in [0.2, 0.25) is 0 Å². The number of hydrogen-bond acceptors (Lipinski definition) is 8. The summed E-state index contributed by atoms with van der Waals surface area (Å²) in [4.78, 5) is 15.7. The second kappa shape index (κ2) is 10.6. The van der Waals surface area contributed by atoms with Gasteiger partial charge in [0.25, 0.3) is 16.3 Å². The SMILES string of the molecule is Cc1ccc(O)cc1S(=O)(=O)O.O=[N+]([O-])C=C1NCCCN1Cc1cnc(Cl)cc1Cl. The van der Waals surface area contributed by atoms with Gasteiger partial charge in [-0.15, -0.1) is 0 Å². The van der Waals surface area contributed by atoms with Gasteiger partial charge >= 0.3 is 0 Å². The average Bonchev–Trinajstić information content (AvgIpc) is 2.66. The molecule has 1 aliphatic rings. The Hall–Kier alpha value is -2.60. The van der Waals surface area contributed by atoms with E-state index < -0.39 is 15.0 Å². The van der Waals surface area contributed by atoms with Gasteiger partial charge in [-0.25, -0.2) is 4.98 Å². The molecule has 0 spiro atoms. The van der Waals surface area contributed by atoms with E-state index in [2.05, 4.69) is 10.3 Å². The molecule has 1 saturated heterocycles. The second-order valence-corrected chi connectivity index (χ2v) is 8.71. The van der Waals surface area contributed by atoms with Crippen molar-refractivity contribution in [3.63, 3.8) is 0 Å². The number of aryl methyl sites for hydroxylation is 1. The van der Waals surface area contributed by atoms with Crippen LogP contribution in [0.5, 0.6) is 5.75 Å². The summed E-state index contributed by atoms with van der Waals surface area (Å²) in [7, 11) is -4.22. The zero-order chi connectivity index (χ0) is 23.2. The van der Waals surface area contributed by atoms with Gasteiger partial charge in [0.05, 0.1) is 9.95 Å². The maximum Gasteiger partial charge on any atom is 0.294 e. The first-order valence-electron chi connectivity index (χ1n) is 8.88. The number of nitrogens with zero attached hydrogens (tertiary/aromatic N) is 3.